The van der Waals surface area contributed by atoms with Crippen LogP contribution in [0.3, 0.4) is 0 Å². The summed E-state index contributed by atoms with van der Waals surface area (Å²) in [6.45, 7) is 2.35. The lowest BCUT2D eigenvalue weighted by atomic mass is 9.92. The summed E-state index contributed by atoms with van der Waals surface area (Å²) in [5.74, 6) is -0.380. The summed E-state index contributed by atoms with van der Waals surface area (Å²) in [5, 5.41) is 8.20. The molecule has 0 unspecified atom stereocenters. The Labute approximate surface area is 151 Å². The summed E-state index contributed by atoms with van der Waals surface area (Å²) in [6, 6.07) is 1.75. The van der Waals surface area contributed by atoms with Crippen LogP contribution < -0.4 is 0 Å². The number of carbonyl (C=O) groups excluding carboxylic acids is 2. The molecule has 0 radical (unpaired) electrons. The molecule has 1 saturated carbocycles. The van der Waals surface area contributed by atoms with Crippen LogP contribution in [0.2, 0.25) is 0 Å². The van der Waals surface area contributed by atoms with Crippen molar-refractivity contribution >= 4 is 11.8 Å². The van der Waals surface area contributed by atoms with E-state index in [2.05, 4.69) is 10.3 Å². The first-order chi connectivity index (χ1) is 12.5. The van der Waals surface area contributed by atoms with E-state index in [4.69, 9.17) is 4.52 Å². The highest BCUT2D eigenvalue weighted by Crippen LogP contribution is 2.46. The van der Waals surface area contributed by atoms with Crippen molar-refractivity contribution in [2.24, 2.45) is 13.0 Å². The number of aryl methyl sites for hydroxylation is 1. The van der Waals surface area contributed by atoms with Gasteiger partial charge in [0, 0.05) is 43.9 Å². The Morgan fingerprint density at radius 2 is 2.19 bits per heavy atom. The number of hydrogen-bond acceptors (Lipinski definition) is 5. The highest BCUT2D eigenvalue weighted by molar-refractivity contribution is 5.90. The van der Waals surface area contributed by atoms with Crippen LogP contribution in [0.25, 0.3) is 0 Å². The summed E-state index contributed by atoms with van der Waals surface area (Å²) in [4.78, 5) is 29.4. The van der Waals surface area contributed by atoms with E-state index in [-0.39, 0.29) is 30.3 Å². The van der Waals surface area contributed by atoms with E-state index in [1.165, 1.54) is 6.26 Å². The average Bonchev–Trinajstić information content (AvgIpc) is 3.06. The van der Waals surface area contributed by atoms with Crippen molar-refractivity contribution < 1.29 is 14.1 Å². The number of likely N-dealkylation sites (tertiary alicyclic amines) is 1. The van der Waals surface area contributed by atoms with Crippen molar-refractivity contribution in [3.8, 4) is 0 Å². The fourth-order valence-corrected chi connectivity index (χ4v) is 3.86. The number of amides is 2. The molecule has 2 aliphatic rings. The summed E-state index contributed by atoms with van der Waals surface area (Å²) < 4.78 is 6.64. The molecule has 2 aromatic rings. The van der Waals surface area contributed by atoms with Gasteiger partial charge in [-0.15, -0.1) is 0 Å². The molecule has 26 heavy (non-hydrogen) atoms. The number of rotatable bonds is 5. The minimum Gasteiger partial charge on any atom is -0.364 e. The van der Waals surface area contributed by atoms with Crippen LogP contribution in [0, 0.1) is 12.8 Å². The SMILES string of the molecule is Cc1c([C@@H]2[C@@H](C(=O)N(C)Cc3ccon3)CC(=O)N2C2CC2)cnn1C. The molecule has 0 bridgehead atoms. The molecule has 0 aromatic carbocycles. The van der Waals surface area contributed by atoms with E-state index in [1.807, 2.05) is 18.9 Å². The minimum absolute atomic E-state index is 0.0437. The van der Waals surface area contributed by atoms with Gasteiger partial charge in [-0.05, 0) is 19.8 Å². The van der Waals surface area contributed by atoms with Gasteiger partial charge in [-0.1, -0.05) is 5.16 Å². The Morgan fingerprint density at radius 3 is 2.77 bits per heavy atom. The van der Waals surface area contributed by atoms with Gasteiger partial charge in [0.15, 0.2) is 0 Å². The molecule has 3 heterocycles. The number of hydrogen-bond donors (Lipinski definition) is 0. The van der Waals surface area contributed by atoms with Gasteiger partial charge in [0.05, 0.1) is 24.7 Å². The van der Waals surface area contributed by atoms with Gasteiger partial charge in [-0.2, -0.15) is 5.10 Å². The van der Waals surface area contributed by atoms with Gasteiger partial charge in [-0.25, -0.2) is 0 Å². The van der Waals surface area contributed by atoms with Gasteiger partial charge in [-0.3, -0.25) is 14.3 Å². The second-order valence-corrected chi connectivity index (χ2v) is 7.28. The Balaban J connectivity index is 1.63. The molecule has 4 rings (SSSR count). The highest BCUT2D eigenvalue weighted by Gasteiger charge is 2.51. The number of nitrogens with zero attached hydrogens (tertiary/aromatic N) is 5. The molecule has 0 N–H and O–H groups in total. The van der Waals surface area contributed by atoms with Gasteiger partial charge in [0.1, 0.15) is 12.0 Å². The first-order valence-electron chi connectivity index (χ1n) is 8.91. The van der Waals surface area contributed by atoms with Crippen molar-refractivity contribution in [2.75, 3.05) is 7.05 Å². The summed E-state index contributed by atoms with van der Waals surface area (Å²) in [7, 11) is 3.62. The van der Waals surface area contributed by atoms with Crippen molar-refractivity contribution in [3.05, 3.63) is 35.5 Å². The van der Waals surface area contributed by atoms with Gasteiger partial charge in [0.25, 0.3) is 0 Å². The minimum atomic E-state index is -0.400. The molecule has 1 aliphatic heterocycles. The molecule has 1 aliphatic carbocycles. The Kier molecular flexibility index (Phi) is 4.05. The second-order valence-electron chi connectivity index (χ2n) is 7.28. The predicted octanol–water partition coefficient (Wildman–Crippen LogP) is 1.43. The van der Waals surface area contributed by atoms with Crippen LogP contribution in [0.4, 0.5) is 0 Å². The molecule has 8 nitrogen and oxygen atoms in total. The first-order valence-corrected chi connectivity index (χ1v) is 8.91. The van der Waals surface area contributed by atoms with Crippen molar-refractivity contribution in [1.82, 2.24) is 24.7 Å². The second kappa shape index (κ2) is 6.26. The van der Waals surface area contributed by atoms with Crippen molar-refractivity contribution in [2.45, 2.75) is 44.8 Å². The lowest BCUT2D eigenvalue weighted by Crippen LogP contribution is -2.37. The van der Waals surface area contributed by atoms with Gasteiger partial charge < -0.3 is 14.3 Å². The molecular formula is C18H23N5O3. The van der Waals surface area contributed by atoms with E-state index >= 15 is 0 Å². The summed E-state index contributed by atoms with van der Waals surface area (Å²) in [6.07, 6.45) is 5.56. The van der Waals surface area contributed by atoms with E-state index in [0.29, 0.717) is 12.2 Å². The standard InChI is InChI=1S/C18H23N5O3/c1-11-15(9-19-22(11)3)17-14(8-16(24)23(17)13-4-5-13)18(25)21(2)10-12-6-7-26-20-12/h6-7,9,13-14,17H,4-5,8,10H2,1-3H3/t14-,17-/m0/s1. The molecule has 138 valence electrons. The summed E-state index contributed by atoms with van der Waals surface area (Å²) >= 11 is 0. The zero-order chi connectivity index (χ0) is 18.4. The Morgan fingerprint density at radius 1 is 1.42 bits per heavy atom. The lowest BCUT2D eigenvalue weighted by molar-refractivity contribution is -0.135. The van der Waals surface area contributed by atoms with Gasteiger partial charge >= 0.3 is 0 Å². The van der Waals surface area contributed by atoms with E-state index in [1.54, 1.807) is 28.9 Å². The van der Waals surface area contributed by atoms with E-state index in [9.17, 15) is 9.59 Å². The van der Waals surface area contributed by atoms with Crippen LogP contribution in [-0.2, 0) is 23.2 Å². The largest absolute Gasteiger partial charge is 0.364 e. The third-order valence-electron chi connectivity index (χ3n) is 5.48. The molecule has 2 atom stereocenters. The molecule has 2 fully saturated rings. The summed E-state index contributed by atoms with van der Waals surface area (Å²) in [5.41, 5.74) is 2.66. The monoisotopic (exact) mass is 357 g/mol. The normalized spacial score (nSPS) is 22.9. The fraction of sp³-hybridized carbons (Fsp3) is 0.556. The third kappa shape index (κ3) is 2.79. The van der Waals surface area contributed by atoms with Crippen LogP contribution in [0.1, 0.15) is 42.3 Å². The molecule has 0 spiro atoms. The number of carbonyl (C=O) groups is 2. The van der Waals surface area contributed by atoms with Crippen LogP contribution in [0.5, 0.6) is 0 Å². The Bertz CT molecular complexity index is 824. The average molecular weight is 357 g/mol. The molecule has 1 saturated heterocycles. The zero-order valence-electron chi connectivity index (χ0n) is 15.3. The van der Waals surface area contributed by atoms with Crippen LogP contribution in [-0.4, -0.2) is 49.6 Å². The van der Waals surface area contributed by atoms with Crippen molar-refractivity contribution in [3.63, 3.8) is 0 Å². The smallest absolute Gasteiger partial charge is 0.228 e. The van der Waals surface area contributed by atoms with Crippen molar-refractivity contribution in [1.29, 1.82) is 0 Å². The topological polar surface area (TPSA) is 84.5 Å². The van der Waals surface area contributed by atoms with Crippen LogP contribution in [0.15, 0.2) is 23.0 Å². The first kappa shape index (κ1) is 16.8. The maximum Gasteiger partial charge on any atom is 0.228 e. The molecule has 2 amide bonds. The molecule has 2 aromatic heterocycles. The van der Waals surface area contributed by atoms with Gasteiger partial charge in [0.2, 0.25) is 11.8 Å². The lowest BCUT2D eigenvalue weighted by Gasteiger charge is -2.29. The number of aromatic nitrogens is 3. The highest BCUT2D eigenvalue weighted by atomic mass is 16.5. The maximum atomic E-state index is 13.2. The third-order valence-corrected chi connectivity index (χ3v) is 5.48. The quantitative estimate of drug-likeness (QED) is 0.808. The maximum absolute atomic E-state index is 13.2. The zero-order valence-corrected chi connectivity index (χ0v) is 15.3. The molecular weight excluding hydrogens is 334 g/mol. The molecule has 8 heteroatoms. The van der Waals surface area contributed by atoms with Crippen LogP contribution >= 0.6 is 0 Å². The fourth-order valence-electron chi connectivity index (χ4n) is 3.86. The van der Waals surface area contributed by atoms with E-state index < -0.39 is 5.92 Å². The van der Waals surface area contributed by atoms with E-state index in [0.717, 1.165) is 24.1 Å². The Hall–Kier alpha value is -2.64. The predicted molar refractivity (Wildman–Crippen MR) is 91.6 cm³/mol.